The molecule has 0 aliphatic heterocycles. The summed E-state index contributed by atoms with van der Waals surface area (Å²) < 4.78 is 1.03. The van der Waals surface area contributed by atoms with Gasteiger partial charge in [0.2, 0.25) is 0 Å². The van der Waals surface area contributed by atoms with Gasteiger partial charge < -0.3 is 21.1 Å². The summed E-state index contributed by atoms with van der Waals surface area (Å²) in [5, 5.41) is 30.5. The smallest absolute Gasteiger partial charge is 0.274 e. The quantitative estimate of drug-likeness (QED) is 0.124. The molecular weight excluding hydrogens is 521 g/mol. The third kappa shape index (κ3) is 7.91. The van der Waals surface area contributed by atoms with Crippen molar-refractivity contribution >= 4 is 34.0 Å². The number of halogens is 1. The van der Waals surface area contributed by atoms with E-state index in [1.807, 2.05) is 54.6 Å². The summed E-state index contributed by atoms with van der Waals surface area (Å²) in [6, 6.07) is 18.9. The molecule has 32 heavy (non-hydrogen) atoms. The van der Waals surface area contributed by atoms with Crippen molar-refractivity contribution in [2.45, 2.75) is 12.5 Å². The van der Waals surface area contributed by atoms with E-state index in [9.17, 15) is 15.2 Å². The summed E-state index contributed by atoms with van der Waals surface area (Å²) >= 11 is 2.19. The number of benzene rings is 2. The van der Waals surface area contributed by atoms with E-state index in [0.717, 1.165) is 38.7 Å². The third-order valence-corrected chi connectivity index (χ3v) is 5.24. The van der Waals surface area contributed by atoms with Gasteiger partial charge in [0, 0.05) is 39.4 Å². The van der Waals surface area contributed by atoms with E-state index >= 15 is 0 Å². The lowest BCUT2D eigenvalue weighted by Gasteiger charge is -2.13. The molecule has 3 rings (SSSR count). The first-order chi connectivity index (χ1) is 15.5. The van der Waals surface area contributed by atoms with Gasteiger partial charge in [0.05, 0.1) is 11.0 Å². The molecule has 0 bridgehead atoms. The summed E-state index contributed by atoms with van der Waals surface area (Å²) in [6.07, 6.45) is 4.44. The van der Waals surface area contributed by atoms with Crippen LogP contribution >= 0.6 is 22.6 Å². The van der Waals surface area contributed by atoms with Crippen molar-refractivity contribution in [2.75, 3.05) is 23.7 Å². The fourth-order valence-corrected chi connectivity index (χ4v) is 3.54. The molecule has 0 spiro atoms. The van der Waals surface area contributed by atoms with E-state index in [0.29, 0.717) is 13.1 Å². The molecule has 0 fully saturated rings. The van der Waals surface area contributed by atoms with Crippen LogP contribution in [-0.4, -0.2) is 28.1 Å². The summed E-state index contributed by atoms with van der Waals surface area (Å²) in [5.41, 5.74) is 3.39. The van der Waals surface area contributed by atoms with Crippen molar-refractivity contribution in [2.24, 2.45) is 0 Å². The van der Waals surface area contributed by atoms with Gasteiger partial charge >= 0.3 is 0 Å². The lowest BCUT2D eigenvalue weighted by atomic mass is 10.1. The maximum absolute atomic E-state index is 11.0. The topological polar surface area (TPSA) is 112 Å². The number of nitrogens with zero attached hydrogens (tertiary/aromatic N) is 2. The second kappa shape index (κ2) is 12.1. The summed E-state index contributed by atoms with van der Waals surface area (Å²) in [4.78, 5) is 14.5. The van der Waals surface area contributed by atoms with Gasteiger partial charge in [-0.2, -0.15) is 0 Å². The molecule has 0 unspecified atom stereocenters. The molecule has 0 saturated heterocycles. The minimum absolute atomic E-state index is 0.274. The van der Waals surface area contributed by atoms with Crippen molar-refractivity contribution in [1.82, 2.24) is 10.3 Å². The number of hydrogen-bond donors (Lipinski definition) is 4. The molecule has 2 aromatic carbocycles. The second-order valence-corrected chi connectivity index (χ2v) is 8.29. The van der Waals surface area contributed by atoms with Crippen LogP contribution in [0.15, 0.2) is 85.1 Å². The average molecular weight is 545 g/mol. The van der Waals surface area contributed by atoms with Crippen molar-refractivity contribution in [3.63, 3.8) is 0 Å². The molecule has 8 nitrogen and oxygen atoms in total. The van der Waals surface area contributed by atoms with Crippen LogP contribution in [0, 0.1) is 13.7 Å². The summed E-state index contributed by atoms with van der Waals surface area (Å²) in [5.74, 6) is 0.274. The van der Waals surface area contributed by atoms with Gasteiger partial charge in [-0.25, -0.2) is 0 Å². The number of anilines is 2. The Morgan fingerprint density at radius 3 is 2.59 bits per heavy atom. The zero-order valence-corrected chi connectivity index (χ0v) is 19.4. The highest BCUT2D eigenvalue weighted by atomic mass is 127. The van der Waals surface area contributed by atoms with Crippen LogP contribution in [0.1, 0.15) is 17.2 Å². The Hall–Kier alpha value is -3.02. The van der Waals surface area contributed by atoms with Gasteiger partial charge in [0.1, 0.15) is 0 Å². The zero-order chi connectivity index (χ0) is 22.8. The first-order valence-corrected chi connectivity index (χ1v) is 11.1. The fourth-order valence-electron chi connectivity index (χ4n) is 3.00. The predicted molar refractivity (Wildman–Crippen MR) is 134 cm³/mol. The van der Waals surface area contributed by atoms with E-state index < -0.39 is 11.0 Å². The Morgan fingerprint density at radius 1 is 1.12 bits per heavy atom. The highest BCUT2D eigenvalue weighted by Crippen LogP contribution is 2.17. The molecule has 0 radical (unpaired) electrons. The van der Waals surface area contributed by atoms with Crippen LogP contribution in [-0.2, 0) is 6.42 Å². The summed E-state index contributed by atoms with van der Waals surface area (Å²) in [6.45, 7) is 1.16. The number of nitrogens with one attached hydrogen (secondary N) is 3. The highest BCUT2D eigenvalue weighted by molar-refractivity contribution is 14.1. The predicted octanol–water partition coefficient (Wildman–Crippen LogP) is 4.15. The Morgan fingerprint density at radius 2 is 1.91 bits per heavy atom. The maximum Gasteiger partial charge on any atom is 0.274 e. The van der Waals surface area contributed by atoms with Crippen LogP contribution in [0.2, 0.25) is 0 Å². The SMILES string of the molecule is O=[N+]([O-])/C=C(/Nc1ccc(CCNC[C@H](O)c2cccnc2)cc1)Nc1cccc(I)c1. The minimum atomic E-state index is -0.595. The van der Waals surface area contributed by atoms with E-state index in [4.69, 9.17) is 0 Å². The number of aliphatic hydroxyl groups excluding tert-OH is 1. The Labute approximate surface area is 200 Å². The maximum atomic E-state index is 11.0. The average Bonchev–Trinajstić information content (AvgIpc) is 2.78. The number of nitro groups is 1. The van der Waals surface area contributed by atoms with E-state index in [1.54, 1.807) is 18.5 Å². The monoisotopic (exact) mass is 545 g/mol. The number of pyridine rings is 1. The number of rotatable bonds is 11. The molecule has 0 aliphatic carbocycles. The molecule has 1 heterocycles. The van der Waals surface area contributed by atoms with Gasteiger partial charge in [0.15, 0.2) is 5.82 Å². The summed E-state index contributed by atoms with van der Waals surface area (Å²) in [7, 11) is 0. The first-order valence-electron chi connectivity index (χ1n) is 10.0. The standard InChI is InChI=1S/C23H24IN5O3/c24-19-4-1-5-21(13-19)28-23(16-29(31)32)27-20-8-6-17(7-9-20)10-12-26-15-22(30)18-3-2-11-25-14-18/h1-9,11,13-14,16,22,26-28,30H,10,12,15H2/b23-16-/t22-/m0/s1. The first kappa shape index (κ1) is 23.6. The Kier molecular flexibility index (Phi) is 8.96. The molecular formula is C23H24IN5O3. The van der Waals surface area contributed by atoms with E-state index in [1.165, 1.54) is 0 Å². The van der Waals surface area contributed by atoms with E-state index in [2.05, 4.69) is 43.5 Å². The van der Waals surface area contributed by atoms with Crippen molar-refractivity contribution < 1.29 is 10.0 Å². The molecule has 3 aromatic rings. The van der Waals surface area contributed by atoms with Crippen LogP contribution in [0.25, 0.3) is 0 Å². The molecule has 0 aliphatic rings. The number of aliphatic hydroxyl groups is 1. The van der Waals surface area contributed by atoms with Gasteiger partial charge in [-0.3, -0.25) is 15.1 Å². The van der Waals surface area contributed by atoms with Crippen LogP contribution in [0.3, 0.4) is 0 Å². The molecule has 0 saturated carbocycles. The molecule has 4 N–H and O–H groups in total. The molecule has 1 atom stereocenters. The lowest BCUT2D eigenvalue weighted by molar-refractivity contribution is -0.403. The molecule has 166 valence electrons. The number of hydrogen-bond acceptors (Lipinski definition) is 7. The van der Waals surface area contributed by atoms with Crippen LogP contribution < -0.4 is 16.0 Å². The Balaban J connectivity index is 1.50. The molecule has 0 amide bonds. The molecule has 9 heteroatoms. The minimum Gasteiger partial charge on any atom is -0.387 e. The third-order valence-electron chi connectivity index (χ3n) is 4.57. The van der Waals surface area contributed by atoms with Gasteiger partial charge in [-0.1, -0.05) is 24.3 Å². The zero-order valence-electron chi connectivity index (χ0n) is 17.2. The van der Waals surface area contributed by atoms with Gasteiger partial charge in [0.25, 0.3) is 6.20 Å². The molecule has 1 aromatic heterocycles. The number of aromatic nitrogens is 1. The fraction of sp³-hybridized carbons (Fsp3) is 0.174. The van der Waals surface area contributed by atoms with Gasteiger partial charge in [-0.15, -0.1) is 0 Å². The van der Waals surface area contributed by atoms with Crippen molar-refractivity contribution in [1.29, 1.82) is 0 Å². The Bertz CT molecular complexity index is 1050. The van der Waals surface area contributed by atoms with Crippen LogP contribution in [0.5, 0.6) is 0 Å². The van der Waals surface area contributed by atoms with Crippen molar-refractivity contribution in [3.05, 3.63) is 110 Å². The highest BCUT2D eigenvalue weighted by Gasteiger charge is 2.07. The lowest BCUT2D eigenvalue weighted by Crippen LogP contribution is -2.23. The largest absolute Gasteiger partial charge is 0.387 e. The van der Waals surface area contributed by atoms with E-state index in [-0.39, 0.29) is 5.82 Å². The normalized spacial score (nSPS) is 12.2. The second-order valence-electron chi connectivity index (χ2n) is 7.04. The van der Waals surface area contributed by atoms with Crippen LogP contribution in [0.4, 0.5) is 11.4 Å². The van der Waals surface area contributed by atoms with Crippen molar-refractivity contribution in [3.8, 4) is 0 Å². The van der Waals surface area contributed by atoms with Gasteiger partial charge in [-0.05, 0) is 77.5 Å².